The number of hydrogen-bond acceptors (Lipinski definition) is 4. The minimum Gasteiger partial charge on any atom is -0.477 e. The first kappa shape index (κ1) is 13.5. The Kier molecular flexibility index (Phi) is 3.80. The number of aromatic nitrogens is 1. The maximum atomic E-state index is 12.1. The Morgan fingerprint density at radius 3 is 2.58 bits per heavy atom. The molecule has 0 atom stereocenters. The molecule has 6 nitrogen and oxygen atoms in total. The molecule has 2 N–H and O–H groups in total. The molecule has 0 unspecified atom stereocenters. The fourth-order valence-electron chi connectivity index (χ4n) is 1.95. The molecule has 1 aliphatic rings. The minimum absolute atomic E-state index is 0.0752. The lowest BCUT2D eigenvalue weighted by Crippen LogP contribution is -2.49. The number of carboxylic acids is 1. The second-order valence-corrected chi connectivity index (χ2v) is 4.86. The number of hydrogen-bond donors (Lipinski definition) is 2. The van der Waals surface area contributed by atoms with Gasteiger partial charge in [-0.3, -0.25) is 4.79 Å². The number of pyridine rings is 1. The Bertz CT molecular complexity index is 478. The molecule has 1 fully saturated rings. The van der Waals surface area contributed by atoms with Crippen molar-refractivity contribution < 1.29 is 19.4 Å². The number of ether oxygens (including phenoxy) is 1. The van der Waals surface area contributed by atoms with Gasteiger partial charge in [0.1, 0.15) is 5.69 Å². The van der Waals surface area contributed by atoms with Gasteiger partial charge in [-0.15, -0.1) is 0 Å². The number of carbonyl (C=O) groups excluding carboxylic acids is 1. The fourth-order valence-corrected chi connectivity index (χ4v) is 1.95. The van der Waals surface area contributed by atoms with Crippen LogP contribution >= 0.6 is 0 Å². The third-order valence-corrected chi connectivity index (χ3v) is 3.26. The summed E-state index contributed by atoms with van der Waals surface area (Å²) in [6.07, 6.45) is 2.81. The van der Waals surface area contributed by atoms with E-state index in [1.165, 1.54) is 18.3 Å². The number of amides is 1. The zero-order chi connectivity index (χ0) is 13.9. The molecule has 1 saturated heterocycles. The molecular formula is C13H16N2O4. The Balaban J connectivity index is 2.05. The number of nitrogens with zero attached hydrogens (tertiary/aromatic N) is 1. The van der Waals surface area contributed by atoms with Crippen molar-refractivity contribution in [3.63, 3.8) is 0 Å². The Morgan fingerprint density at radius 1 is 1.37 bits per heavy atom. The molecule has 1 aromatic heterocycles. The van der Waals surface area contributed by atoms with Crippen LogP contribution in [0.5, 0.6) is 0 Å². The topological polar surface area (TPSA) is 88.5 Å². The fraction of sp³-hybridized carbons (Fsp3) is 0.462. The zero-order valence-electron chi connectivity index (χ0n) is 10.7. The molecule has 0 radical (unpaired) electrons. The second kappa shape index (κ2) is 5.36. The molecule has 1 amide bonds. The van der Waals surface area contributed by atoms with Crippen molar-refractivity contribution in [2.45, 2.75) is 25.3 Å². The van der Waals surface area contributed by atoms with E-state index in [2.05, 4.69) is 10.3 Å². The van der Waals surface area contributed by atoms with Gasteiger partial charge in [-0.1, -0.05) is 0 Å². The van der Waals surface area contributed by atoms with E-state index in [9.17, 15) is 9.59 Å². The summed E-state index contributed by atoms with van der Waals surface area (Å²) in [4.78, 5) is 26.5. The Morgan fingerprint density at radius 2 is 2.05 bits per heavy atom. The highest BCUT2D eigenvalue weighted by Gasteiger charge is 2.29. The van der Waals surface area contributed by atoms with Crippen molar-refractivity contribution in [2.24, 2.45) is 0 Å². The Labute approximate surface area is 110 Å². The van der Waals surface area contributed by atoms with E-state index >= 15 is 0 Å². The van der Waals surface area contributed by atoms with Gasteiger partial charge in [0, 0.05) is 24.9 Å². The minimum atomic E-state index is -1.11. The maximum Gasteiger partial charge on any atom is 0.354 e. The molecule has 0 aromatic carbocycles. The van der Waals surface area contributed by atoms with Gasteiger partial charge in [0.25, 0.3) is 5.91 Å². The van der Waals surface area contributed by atoms with Crippen LogP contribution in [-0.4, -0.2) is 40.7 Å². The van der Waals surface area contributed by atoms with Crippen molar-refractivity contribution in [1.29, 1.82) is 0 Å². The van der Waals surface area contributed by atoms with Crippen LogP contribution in [0.4, 0.5) is 0 Å². The molecule has 2 heterocycles. The predicted octanol–water partition coefficient (Wildman–Crippen LogP) is 1.08. The van der Waals surface area contributed by atoms with Crippen LogP contribution in [-0.2, 0) is 4.74 Å². The standard InChI is InChI=1S/C13H16N2O4/c1-13(4-6-19-7-5-13)15-11(16)9-2-3-10(12(17)18)14-8-9/h2-3,8H,4-7H2,1H3,(H,15,16)(H,17,18). The first-order chi connectivity index (χ1) is 9.00. The van der Waals surface area contributed by atoms with Crippen molar-refractivity contribution in [1.82, 2.24) is 10.3 Å². The molecule has 0 aliphatic carbocycles. The van der Waals surface area contributed by atoms with Gasteiger partial charge in [-0.25, -0.2) is 9.78 Å². The predicted molar refractivity (Wildman–Crippen MR) is 67.1 cm³/mol. The molecular weight excluding hydrogens is 248 g/mol. The van der Waals surface area contributed by atoms with E-state index in [0.717, 1.165) is 12.8 Å². The zero-order valence-corrected chi connectivity index (χ0v) is 10.7. The largest absolute Gasteiger partial charge is 0.477 e. The van der Waals surface area contributed by atoms with Crippen molar-refractivity contribution in [3.05, 3.63) is 29.6 Å². The van der Waals surface area contributed by atoms with Crippen LogP contribution < -0.4 is 5.32 Å². The second-order valence-electron chi connectivity index (χ2n) is 4.86. The quantitative estimate of drug-likeness (QED) is 0.852. The number of nitrogens with one attached hydrogen (secondary N) is 1. The molecule has 2 rings (SSSR count). The smallest absolute Gasteiger partial charge is 0.354 e. The van der Waals surface area contributed by atoms with Crippen LogP contribution in [0.2, 0.25) is 0 Å². The molecule has 102 valence electrons. The van der Waals surface area contributed by atoms with E-state index in [-0.39, 0.29) is 17.1 Å². The highest BCUT2D eigenvalue weighted by molar-refractivity contribution is 5.95. The molecule has 0 spiro atoms. The highest BCUT2D eigenvalue weighted by Crippen LogP contribution is 2.20. The number of aromatic carboxylic acids is 1. The summed E-state index contributed by atoms with van der Waals surface area (Å²) in [5.74, 6) is -1.35. The van der Waals surface area contributed by atoms with Crippen LogP contribution in [0, 0.1) is 0 Å². The highest BCUT2D eigenvalue weighted by atomic mass is 16.5. The average Bonchev–Trinajstić information content (AvgIpc) is 2.39. The summed E-state index contributed by atoms with van der Waals surface area (Å²) < 4.78 is 5.27. The number of rotatable bonds is 3. The van der Waals surface area contributed by atoms with Crippen molar-refractivity contribution in [2.75, 3.05) is 13.2 Å². The van der Waals surface area contributed by atoms with E-state index < -0.39 is 5.97 Å². The first-order valence-corrected chi connectivity index (χ1v) is 6.10. The lowest BCUT2D eigenvalue weighted by molar-refractivity contribution is 0.0422. The monoisotopic (exact) mass is 264 g/mol. The van der Waals surface area contributed by atoms with Crippen molar-refractivity contribution >= 4 is 11.9 Å². The van der Waals surface area contributed by atoms with Gasteiger partial charge in [0.15, 0.2) is 0 Å². The summed E-state index contributed by atoms with van der Waals surface area (Å²) in [7, 11) is 0. The average molecular weight is 264 g/mol. The molecule has 0 saturated carbocycles. The first-order valence-electron chi connectivity index (χ1n) is 6.10. The van der Waals surface area contributed by atoms with Gasteiger partial charge in [-0.2, -0.15) is 0 Å². The van der Waals surface area contributed by atoms with Crippen LogP contribution in [0.15, 0.2) is 18.3 Å². The van der Waals surface area contributed by atoms with E-state index in [4.69, 9.17) is 9.84 Å². The molecule has 1 aliphatic heterocycles. The van der Waals surface area contributed by atoms with Crippen LogP contribution in [0.1, 0.15) is 40.6 Å². The summed E-state index contributed by atoms with van der Waals surface area (Å²) in [6.45, 7) is 3.24. The lowest BCUT2D eigenvalue weighted by Gasteiger charge is -2.34. The summed E-state index contributed by atoms with van der Waals surface area (Å²) in [5, 5.41) is 11.7. The van der Waals surface area contributed by atoms with Crippen LogP contribution in [0.3, 0.4) is 0 Å². The number of carbonyl (C=O) groups is 2. The van der Waals surface area contributed by atoms with Gasteiger partial charge in [0.05, 0.1) is 5.56 Å². The van der Waals surface area contributed by atoms with E-state index in [1.807, 2.05) is 6.92 Å². The van der Waals surface area contributed by atoms with Crippen LogP contribution in [0.25, 0.3) is 0 Å². The Hall–Kier alpha value is -1.95. The van der Waals surface area contributed by atoms with Gasteiger partial charge < -0.3 is 15.2 Å². The third kappa shape index (κ3) is 3.29. The summed E-state index contributed by atoms with van der Waals surface area (Å²) in [5.41, 5.74) is 0.00686. The normalized spacial score (nSPS) is 17.7. The van der Waals surface area contributed by atoms with E-state index in [0.29, 0.717) is 18.8 Å². The van der Waals surface area contributed by atoms with Crippen molar-refractivity contribution in [3.8, 4) is 0 Å². The molecule has 6 heteroatoms. The summed E-state index contributed by atoms with van der Waals surface area (Å²) >= 11 is 0. The van der Waals surface area contributed by atoms with Gasteiger partial charge >= 0.3 is 5.97 Å². The maximum absolute atomic E-state index is 12.1. The van der Waals surface area contributed by atoms with E-state index in [1.54, 1.807) is 0 Å². The molecule has 0 bridgehead atoms. The molecule has 1 aromatic rings. The molecule has 19 heavy (non-hydrogen) atoms. The van der Waals surface area contributed by atoms with Gasteiger partial charge in [-0.05, 0) is 31.9 Å². The third-order valence-electron chi connectivity index (χ3n) is 3.26. The SMILES string of the molecule is CC1(NC(=O)c2ccc(C(=O)O)nc2)CCOCC1. The van der Waals surface area contributed by atoms with Gasteiger partial charge in [0.2, 0.25) is 0 Å². The lowest BCUT2D eigenvalue weighted by atomic mass is 9.92. The summed E-state index contributed by atoms with van der Waals surface area (Å²) in [6, 6.07) is 2.79. The number of carboxylic acid groups (broad SMARTS) is 1.